The third kappa shape index (κ3) is 10.8. The van der Waals surface area contributed by atoms with Crippen molar-refractivity contribution in [2.75, 3.05) is 42.6 Å². The molecule has 10 nitrogen and oxygen atoms in total. The largest absolute Gasteiger partial charge is 0.350 e. The average Bonchev–Trinajstić information content (AvgIpc) is 3.74. The van der Waals surface area contributed by atoms with Gasteiger partial charge in [0.05, 0.1) is 31.5 Å². The lowest BCUT2D eigenvalue weighted by molar-refractivity contribution is 0.468. The summed E-state index contributed by atoms with van der Waals surface area (Å²) < 4.78 is 57.9. The van der Waals surface area contributed by atoms with Crippen molar-refractivity contribution in [3.63, 3.8) is 0 Å². The van der Waals surface area contributed by atoms with Gasteiger partial charge in [-0.3, -0.25) is 0 Å². The summed E-state index contributed by atoms with van der Waals surface area (Å²) in [4.78, 5) is 18.4. The van der Waals surface area contributed by atoms with Crippen molar-refractivity contribution in [3.8, 4) is 22.5 Å². The Bertz CT molecular complexity index is 3040. The molecule has 10 rings (SSSR count). The van der Waals surface area contributed by atoms with Gasteiger partial charge in [-0.15, -0.1) is 0 Å². The molecule has 19 heteroatoms. The van der Waals surface area contributed by atoms with Crippen molar-refractivity contribution in [1.82, 2.24) is 39.7 Å². The van der Waals surface area contributed by atoms with Crippen LogP contribution in [0.2, 0.25) is 20.1 Å². The summed E-state index contributed by atoms with van der Waals surface area (Å²) >= 11 is 28.2. The first-order valence-corrected chi connectivity index (χ1v) is 24.6. The molecule has 2 saturated heterocycles. The van der Waals surface area contributed by atoms with E-state index in [-0.39, 0.29) is 19.1 Å². The van der Waals surface area contributed by atoms with Gasteiger partial charge in [-0.25, -0.2) is 27.5 Å². The number of rotatable bonds is 11. The van der Waals surface area contributed by atoms with Crippen molar-refractivity contribution in [3.05, 3.63) is 152 Å². The van der Waals surface area contributed by atoms with Crippen LogP contribution < -0.4 is 21.3 Å². The van der Waals surface area contributed by atoms with Crippen LogP contribution in [0.4, 0.5) is 29.5 Å². The van der Waals surface area contributed by atoms with Crippen LogP contribution in [0.15, 0.2) is 97.3 Å². The molecule has 2 unspecified atom stereocenters. The molecule has 0 spiro atoms. The molecule has 0 bridgehead atoms. The molecule has 2 aliphatic heterocycles. The maximum Gasteiger partial charge on any atom is 0.224 e. The highest BCUT2D eigenvalue weighted by Gasteiger charge is 2.25. The van der Waals surface area contributed by atoms with E-state index in [1.165, 1.54) is 18.2 Å². The first-order valence-electron chi connectivity index (χ1n) is 22.0. The van der Waals surface area contributed by atoms with Gasteiger partial charge in [-0.1, -0.05) is 70.7 Å². The number of halogens is 8. The number of nitrogens with zero attached hydrogens (tertiary/aromatic N) is 6. The molecule has 4 N–H and O–H groups in total. The van der Waals surface area contributed by atoms with E-state index in [9.17, 15) is 17.6 Å². The number of thioether (sulfide) groups is 1. The first kappa shape index (κ1) is 47.9. The zero-order valence-corrected chi connectivity index (χ0v) is 40.1. The maximum atomic E-state index is 13.6. The quantitative estimate of drug-likeness (QED) is 0.0942. The van der Waals surface area contributed by atoms with Gasteiger partial charge < -0.3 is 30.4 Å². The second-order valence-corrected chi connectivity index (χ2v) is 19.5. The van der Waals surface area contributed by atoms with Crippen LogP contribution in [0.1, 0.15) is 36.4 Å². The highest BCUT2D eigenvalue weighted by molar-refractivity contribution is 8.00. The summed E-state index contributed by atoms with van der Waals surface area (Å²) in [6.07, 6.45) is 6.49. The SMILES string of the molecule is Fc1ccc(CNc2ncc3cc(-c4c(Cl)cccc4Cl)n(C4CCCNCC4)c3n2)cc1F.Fc1ccc(CNc2ncc3cc(-c4c(Cl)cccc4Cl)n(CC4CNCCS4)c3n2)cc1F. The average molecular weight is 1020 g/mol. The fourth-order valence-corrected chi connectivity index (χ4v) is 10.8. The highest BCUT2D eigenvalue weighted by atomic mass is 35.5. The zero-order valence-electron chi connectivity index (χ0n) is 36.3. The molecule has 6 heterocycles. The summed E-state index contributed by atoms with van der Waals surface area (Å²) in [6.45, 7) is 5.02. The van der Waals surface area contributed by atoms with Crippen LogP contribution >= 0.6 is 58.2 Å². The van der Waals surface area contributed by atoms with E-state index in [1.54, 1.807) is 12.4 Å². The minimum atomic E-state index is -0.885. The zero-order chi connectivity index (χ0) is 47.3. The van der Waals surface area contributed by atoms with Crippen LogP contribution in [0.3, 0.4) is 0 Å². The lowest BCUT2D eigenvalue weighted by Crippen LogP contribution is -2.35. The first-order chi connectivity index (χ1) is 33.0. The standard InChI is InChI=1S/C25H23Cl2F2N5.C24H21Cl2F2N5S/c26-18-4-1-5-19(27)23(18)22-12-16-14-32-25(31-13-15-6-7-20(28)21(29)11-15)33-24(16)34(22)17-3-2-9-30-10-8-17;25-17-2-1-3-18(26)22(17)21-9-15-11-31-24(30-10-14-4-5-19(27)20(28)8-14)32-23(15)33(21)13-16-12-29-6-7-34-16/h1,4-7,11-12,14,17,30H,2-3,8-10,13H2,(H,31,32,33);1-5,8-9,11,16,29H,6-7,10,12-13H2,(H,30,31,32). The van der Waals surface area contributed by atoms with Gasteiger partial charge in [0.1, 0.15) is 11.3 Å². The Labute approximate surface area is 414 Å². The number of benzene rings is 4. The summed E-state index contributed by atoms with van der Waals surface area (Å²) in [5, 5.41) is 17.5. The minimum Gasteiger partial charge on any atom is -0.350 e. The Hall–Kier alpha value is -5.13. The highest BCUT2D eigenvalue weighted by Crippen LogP contribution is 2.41. The maximum absolute atomic E-state index is 13.6. The van der Waals surface area contributed by atoms with Crippen molar-refractivity contribution < 1.29 is 17.6 Å². The van der Waals surface area contributed by atoms with Crippen molar-refractivity contribution >= 4 is 92.1 Å². The summed E-state index contributed by atoms with van der Waals surface area (Å²) in [7, 11) is 0. The second-order valence-electron chi connectivity index (χ2n) is 16.4. The predicted molar refractivity (Wildman–Crippen MR) is 268 cm³/mol. The fraction of sp³-hybridized carbons (Fsp3) is 0.265. The van der Waals surface area contributed by atoms with Gasteiger partial charge in [0.25, 0.3) is 0 Å². The molecular formula is C49H44Cl4F4N10S. The molecule has 0 amide bonds. The Balaban J connectivity index is 0.000000170. The molecule has 4 aromatic carbocycles. The van der Waals surface area contributed by atoms with E-state index in [0.717, 1.165) is 121 Å². The normalized spacial score (nSPS) is 16.4. The van der Waals surface area contributed by atoms with Gasteiger partial charge in [-0.2, -0.15) is 21.7 Å². The van der Waals surface area contributed by atoms with Crippen LogP contribution in [0.5, 0.6) is 0 Å². The number of hydrogen-bond donors (Lipinski definition) is 4. The molecular weight excluding hydrogens is 978 g/mol. The lowest BCUT2D eigenvalue weighted by Gasteiger charge is -2.24. The molecule has 0 aliphatic carbocycles. The minimum absolute atomic E-state index is 0.212. The van der Waals surface area contributed by atoms with Crippen LogP contribution in [-0.4, -0.2) is 66.3 Å². The topological polar surface area (TPSA) is 110 Å². The van der Waals surface area contributed by atoms with E-state index in [4.69, 9.17) is 56.4 Å². The van der Waals surface area contributed by atoms with Crippen molar-refractivity contribution in [1.29, 1.82) is 0 Å². The Morgan fingerprint density at radius 2 is 1.18 bits per heavy atom. The van der Waals surface area contributed by atoms with Gasteiger partial charge in [-0.05, 0) is 104 Å². The predicted octanol–water partition coefficient (Wildman–Crippen LogP) is 12.6. The Morgan fingerprint density at radius 3 is 1.75 bits per heavy atom. The van der Waals surface area contributed by atoms with Gasteiger partial charge in [0, 0.05) is 84.1 Å². The fourth-order valence-electron chi connectivity index (χ4n) is 8.52. The van der Waals surface area contributed by atoms with E-state index in [1.807, 2.05) is 60.3 Å². The molecule has 0 saturated carbocycles. The van der Waals surface area contributed by atoms with Crippen LogP contribution in [-0.2, 0) is 19.6 Å². The number of nitrogens with one attached hydrogen (secondary N) is 4. The Kier molecular flexibility index (Phi) is 15.3. The summed E-state index contributed by atoms with van der Waals surface area (Å²) in [5.74, 6) is -1.68. The van der Waals surface area contributed by atoms with E-state index < -0.39 is 23.3 Å². The summed E-state index contributed by atoms with van der Waals surface area (Å²) in [5.41, 5.74) is 6.03. The third-order valence-electron chi connectivity index (χ3n) is 11.8. The number of fused-ring (bicyclic) bond motifs is 2. The Morgan fingerprint density at radius 1 is 0.618 bits per heavy atom. The second kappa shape index (κ2) is 21.7. The molecule has 2 fully saturated rings. The summed E-state index contributed by atoms with van der Waals surface area (Å²) in [6, 6.07) is 22.8. The van der Waals surface area contributed by atoms with Gasteiger partial charge in [0.15, 0.2) is 23.3 Å². The monoisotopic (exact) mass is 1020 g/mol. The molecule has 8 aromatic rings. The van der Waals surface area contributed by atoms with Gasteiger partial charge >= 0.3 is 0 Å². The molecule has 68 heavy (non-hydrogen) atoms. The molecule has 2 atom stereocenters. The van der Waals surface area contributed by atoms with E-state index in [2.05, 4.69) is 40.4 Å². The van der Waals surface area contributed by atoms with Crippen molar-refractivity contribution in [2.24, 2.45) is 0 Å². The molecule has 2 aliphatic rings. The smallest absolute Gasteiger partial charge is 0.224 e. The number of hydrogen-bond acceptors (Lipinski definition) is 9. The van der Waals surface area contributed by atoms with E-state index in [0.29, 0.717) is 48.4 Å². The van der Waals surface area contributed by atoms with Crippen LogP contribution in [0.25, 0.3) is 44.6 Å². The van der Waals surface area contributed by atoms with Crippen LogP contribution in [0, 0.1) is 23.3 Å². The van der Waals surface area contributed by atoms with Crippen molar-refractivity contribution in [2.45, 2.75) is 50.2 Å². The van der Waals surface area contributed by atoms with Gasteiger partial charge in [0.2, 0.25) is 11.9 Å². The third-order valence-corrected chi connectivity index (χ3v) is 14.3. The lowest BCUT2D eigenvalue weighted by atomic mass is 10.1. The molecule has 0 radical (unpaired) electrons. The number of anilines is 2. The number of aromatic nitrogens is 6. The van der Waals surface area contributed by atoms with E-state index >= 15 is 0 Å². The molecule has 4 aromatic heterocycles. The molecule has 352 valence electrons.